The lowest BCUT2D eigenvalue weighted by Gasteiger charge is -2.29. The number of hydrogen-bond donors (Lipinski definition) is 1. The molecule has 2 N–H and O–H groups in total. The van der Waals surface area contributed by atoms with Gasteiger partial charge >= 0.3 is 0 Å². The van der Waals surface area contributed by atoms with Gasteiger partial charge in [0.15, 0.2) is 5.75 Å². The summed E-state index contributed by atoms with van der Waals surface area (Å²) in [4.78, 5) is 2.33. The van der Waals surface area contributed by atoms with Gasteiger partial charge in [0.1, 0.15) is 0 Å². The maximum atomic E-state index is 6.20. The first-order chi connectivity index (χ1) is 9.22. The first kappa shape index (κ1) is 16.0. The van der Waals surface area contributed by atoms with E-state index in [9.17, 15) is 0 Å². The molecule has 0 aromatic heterocycles. The molecule has 3 nitrogen and oxygen atoms in total. The van der Waals surface area contributed by atoms with Gasteiger partial charge in [0.2, 0.25) is 0 Å². The minimum Gasteiger partial charge on any atom is -0.490 e. The summed E-state index contributed by atoms with van der Waals surface area (Å²) in [6, 6.07) is 3.91. The third-order valence-corrected chi connectivity index (χ3v) is 3.35. The summed E-state index contributed by atoms with van der Waals surface area (Å²) in [5.41, 5.74) is 7.71. The Kier molecular flexibility index (Phi) is 6.85. The van der Waals surface area contributed by atoms with Crippen LogP contribution >= 0.6 is 11.6 Å². The second kappa shape index (κ2) is 8.16. The number of benzene rings is 1. The van der Waals surface area contributed by atoms with E-state index in [1.54, 1.807) is 0 Å². The van der Waals surface area contributed by atoms with Crippen molar-refractivity contribution in [1.29, 1.82) is 0 Å². The Morgan fingerprint density at radius 3 is 2.37 bits per heavy atom. The van der Waals surface area contributed by atoms with Crippen LogP contribution in [0.1, 0.15) is 40.0 Å². The molecule has 2 rings (SSSR count). The van der Waals surface area contributed by atoms with Crippen LogP contribution in [0.25, 0.3) is 0 Å². The van der Waals surface area contributed by atoms with Crippen molar-refractivity contribution in [2.75, 3.05) is 30.3 Å². The van der Waals surface area contributed by atoms with Crippen molar-refractivity contribution in [3.05, 3.63) is 17.2 Å². The van der Waals surface area contributed by atoms with Gasteiger partial charge in [-0.3, -0.25) is 0 Å². The van der Waals surface area contributed by atoms with Crippen molar-refractivity contribution in [3.63, 3.8) is 0 Å². The van der Waals surface area contributed by atoms with Crippen molar-refractivity contribution in [1.82, 2.24) is 0 Å². The topological polar surface area (TPSA) is 38.5 Å². The molecule has 1 aromatic rings. The average Bonchev–Trinajstić information content (AvgIpc) is 2.46. The maximum Gasteiger partial charge on any atom is 0.160 e. The van der Waals surface area contributed by atoms with E-state index in [-0.39, 0.29) is 0 Å². The van der Waals surface area contributed by atoms with Crippen LogP contribution in [0.2, 0.25) is 5.02 Å². The summed E-state index contributed by atoms with van der Waals surface area (Å²) in [7, 11) is 0. The fourth-order valence-corrected chi connectivity index (χ4v) is 2.51. The summed E-state index contributed by atoms with van der Waals surface area (Å²) in [6.07, 6.45) is 3.80. The average molecular weight is 285 g/mol. The zero-order valence-electron chi connectivity index (χ0n) is 12.2. The van der Waals surface area contributed by atoms with Crippen molar-refractivity contribution >= 4 is 23.0 Å². The Morgan fingerprint density at radius 2 is 1.84 bits per heavy atom. The van der Waals surface area contributed by atoms with E-state index in [0.29, 0.717) is 23.1 Å². The first-order valence-corrected chi connectivity index (χ1v) is 7.57. The van der Waals surface area contributed by atoms with E-state index in [4.69, 9.17) is 22.1 Å². The molecule has 1 heterocycles. The van der Waals surface area contributed by atoms with Crippen LogP contribution in [-0.4, -0.2) is 19.7 Å². The molecule has 108 valence electrons. The predicted molar refractivity (Wildman–Crippen MR) is 84.4 cm³/mol. The predicted octanol–water partition coefficient (Wildman–Crippen LogP) is 4.34. The number of anilines is 2. The number of piperidine rings is 1. The van der Waals surface area contributed by atoms with Crippen LogP contribution in [-0.2, 0) is 0 Å². The van der Waals surface area contributed by atoms with Crippen LogP contribution in [0, 0.1) is 0 Å². The molecule has 0 saturated carbocycles. The third-order valence-electron chi connectivity index (χ3n) is 3.07. The van der Waals surface area contributed by atoms with Gasteiger partial charge in [-0.25, -0.2) is 0 Å². The van der Waals surface area contributed by atoms with Crippen molar-refractivity contribution in [2.45, 2.75) is 40.0 Å². The number of nitrogens with zero attached hydrogens (tertiary/aromatic N) is 1. The third kappa shape index (κ3) is 4.20. The number of hydrogen-bond acceptors (Lipinski definition) is 3. The van der Waals surface area contributed by atoms with E-state index < -0.39 is 0 Å². The smallest absolute Gasteiger partial charge is 0.160 e. The zero-order valence-corrected chi connectivity index (χ0v) is 13.0. The standard InChI is InChI=1S/C13H19ClN2O.C2H6/c1-2-17-13-11(14)8-10(9-12(13)15)16-6-4-3-5-7-16;1-2/h8-9H,2-7,15H2,1H3;1-2H3. The molecule has 1 aliphatic rings. The first-order valence-electron chi connectivity index (χ1n) is 7.19. The molecule has 4 heteroatoms. The van der Waals surface area contributed by atoms with E-state index in [1.807, 2.05) is 32.9 Å². The maximum absolute atomic E-state index is 6.20. The molecule has 1 fully saturated rings. The lowest BCUT2D eigenvalue weighted by molar-refractivity contribution is 0.342. The number of halogens is 1. The summed E-state index contributed by atoms with van der Waals surface area (Å²) in [6.45, 7) is 8.68. The Morgan fingerprint density at radius 1 is 1.21 bits per heavy atom. The van der Waals surface area contributed by atoms with Crippen molar-refractivity contribution in [3.8, 4) is 5.75 Å². The van der Waals surface area contributed by atoms with Crippen LogP contribution in [0.15, 0.2) is 12.1 Å². The monoisotopic (exact) mass is 284 g/mol. The van der Waals surface area contributed by atoms with E-state index in [0.717, 1.165) is 18.8 Å². The number of ether oxygens (including phenoxy) is 1. The van der Waals surface area contributed by atoms with Crippen LogP contribution in [0.4, 0.5) is 11.4 Å². The Bertz CT molecular complexity index is 367. The highest BCUT2D eigenvalue weighted by Gasteiger charge is 2.15. The zero-order chi connectivity index (χ0) is 14.3. The highest BCUT2D eigenvalue weighted by molar-refractivity contribution is 6.32. The molecule has 0 aliphatic carbocycles. The van der Waals surface area contributed by atoms with Gasteiger partial charge in [0, 0.05) is 18.8 Å². The molecule has 0 amide bonds. The second-order valence-corrected chi connectivity index (χ2v) is 4.73. The number of rotatable bonds is 3. The fraction of sp³-hybridized carbons (Fsp3) is 0.600. The van der Waals surface area contributed by atoms with Gasteiger partial charge in [-0.05, 0) is 38.3 Å². The van der Waals surface area contributed by atoms with Crippen LogP contribution < -0.4 is 15.4 Å². The molecule has 0 spiro atoms. The SMILES string of the molecule is CC.CCOc1c(N)cc(N2CCCCC2)cc1Cl. The highest BCUT2D eigenvalue weighted by Crippen LogP contribution is 2.36. The van der Waals surface area contributed by atoms with Gasteiger partial charge in [0.25, 0.3) is 0 Å². The molecule has 0 bridgehead atoms. The molecule has 1 saturated heterocycles. The fourth-order valence-electron chi connectivity index (χ4n) is 2.23. The van der Waals surface area contributed by atoms with Crippen molar-refractivity contribution < 1.29 is 4.74 Å². The number of nitrogens with two attached hydrogens (primary N) is 1. The summed E-state index contributed by atoms with van der Waals surface area (Å²) in [5.74, 6) is 0.606. The molecule has 0 unspecified atom stereocenters. The van der Waals surface area contributed by atoms with Gasteiger partial charge in [-0.2, -0.15) is 0 Å². The number of nitrogen functional groups attached to an aromatic ring is 1. The Hall–Kier alpha value is -1.09. The lowest BCUT2D eigenvalue weighted by Crippen LogP contribution is -2.29. The normalized spacial score (nSPS) is 14.6. The summed E-state index contributed by atoms with van der Waals surface area (Å²) >= 11 is 6.20. The van der Waals surface area contributed by atoms with Gasteiger partial charge in [-0.1, -0.05) is 25.4 Å². The molecular weight excluding hydrogens is 260 g/mol. The molecule has 1 aliphatic heterocycles. The minimum absolute atomic E-state index is 0.576. The molecule has 19 heavy (non-hydrogen) atoms. The van der Waals surface area contributed by atoms with E-state index in [2.05, 4.69) is 4.90 Å². The van der Waals surface area contributed by atoms with Gasteiger partial charge in [0.05, 0.1) is 17.3 Å². The van der Waals surface area contributed by atoms with Crippen LogP contribution in [0.5, 0.6) is 5.75 Å². The lowest BCUT2D eigenvalue weighted by atomic mass is 10.1. The minimum atomic E-state index is 0.576. The van der Waals surface area contributed by atoms with Crippen molar-refractivity contribution in [2.24, 2.45) is 0 Å². The molecular formula is C15H25ClN2O. The molecule has 0 radical (unpaired) electrons. The van der Waals surface area contributed by atoms with E-state index in [1.165, 1.54) is 19.3 Å². The quantitative estimate of drug-likeness (QED) is 0.839. The molecule has 1 aromatic carbocycles. The summed E-state index contributed by atoms with van der Waals surface area (Å²) in [5, 5.41) is 0.604. The Balaban J connectivity index is 0.000000861. The van der Waals surface area contributed by atoms with Gasteiger partial charge < -0.3 is 15.4 Å². The molecule has 0 atom stereocenters. The van der Waals surface area contributed by atoms with Gasteiger partial charge in [-0.15, -0.1) is 0 Å². The summed E-state index contributed by atoms with van der Waals surface area (Å²) < 4.78 is 5.43. The largest absolute Gasteiger partial charge is 0.490 e. The van der Waals surface area contributed by atoms with E-state index >= 15 is 0 Å². The van der Waals surface area contributed by atoms with Crippen LogP contribution in [0.3, 0.4) is 0 Å². The highest BCUT2D eigenvalue weighted by atomic mass is 35.5. The second-order valence-electron chi connectivity index (χ2n) is 4.33. The Labute approximate surface area is 121 Å².